The predicted octanol–water partition coefficient (Wildman–Crippen LogP) is 2.18. The summed E-state index contributed by atoms with van der Waals surface area (Å²) in [5.74, 6) is 0.472. The fourth-order valence-corrected chi connectivity index (χ4v) is 1.80. The SMILES string of the molecule is CCn1nnc(Br)c1C(C)C. The summed E-state index contributed by atoms with van der Waals surface area (Å²) in [6, 6.07) is 0. The molecule has 0 aliphatic heterocycles. The maximum absolute atomic E-state index is 3.98. The van der Waals surface area contributed by atoms with E-state index in [1.165, 1.54) is 5.69 Å². The molecule has 0 N–H and O–H groups in total. The number of halogens is 1. The van der Waals surface area contributed by atoms with Gasteiger partial charge in [-0.15, -0.1) is 5.10 Å². The summed E-state index contributed by atoms with van der Waals surface area (Å²) in [7, 11) is 0. The van der Waals surface area contributed by atoms with Crippen LogP contribution in [0.1, 0.15) is 32.4 Å². The maximum Gasteiger partial charge on any atom is 0.151 e. The smallest absolute Gasteiger partial charge is 0.151 e. The topological polar surface area (TPSA) is 30.7 Å². The zero-order valence-electron chi connectivity index (χ0n) is 7.00. The zero-order chi connectivity index (χ0) is 8.43. The van der Waals surface area contributed by atoms with Crippen molar-refractivity contribution in [3.63, 3.8) is 0 Å². The van der Waals surface area contributed by atoms with Crippen LogP contribution in [0, 0.1) is 0 Å². The molecule has 0 saturated heterocycles. The van der Waals surface area contributed by atoms with Gasteiger partial charge in [0.25, 0.3) is 0 Å². The molecule has 0 unspecified atom stereocenters. The molecule has 0 spiro atoms. The maximum atomic E-state index is 3.98. The molecular formula is C7H12BrN3. The van der Waals surface area contributed by atoms with Crippen molar-refractivity contribution in [1.82, 2.24) is 15.0 Å². The number of hydrogen-bond donors (Lipinski definition) is 0. The van der Waals surface area contributed by atoms with Gasteiger partial charge in [-0.05, 0) is 28.8 Å². The fraction of sp³-hybridized carbons (Fsp3) is 0.714. The van der Waals surface area contributed by atoms with E-state index in [9.17, 15) is 0 Å². The van der Waals surface area contributed by atoms with Gasteiger partial charge in [-0.3, -0.25) is 0 Å². The van der Waals surface area contributed by atoms with Crippen LogP contribution in [-0.2, 0) is 6.54 Å². The van der Waals surface area contributed by atoms with E-state index in [0.29, 0.717) is 5.92 Å². The Kier molecular flexibility index (Phi) is 2.65. The van der Waals surface area contributed by atoms with Gasteiger partial charge in [0.2, 0.25) is 0 Å². The molecule has 62 valence electrons. The summed E-state index contributed by atoms with van der Waals surface area (Å²) in [5.41, 5.74) is 1.17. The predicted molar refractivity (Wildman–Crippen MR) is 47.5 cm³/mol. The highest BCUT2D eigenvalue weighted by atomic mass is 79.9. The van der Waals surface area contributed by atoms with Gasteiger partial charge in [-0.25, -0.2) is 4.68 Å². The summed E-state index contributed by atoms with van der Waals surface area (Å²) in [4.78, 5) is 0. The van der Waals surface area contributed by atoms with Crippen LogP contribution in [0.4, 0.5) is 0 Å². The van der Waals surface area contributed by atoms with Crippen LogP contribution in [0.15, 0.2) is 4.60 Å². The van der Waals surface area contributed by atoms with Gasteiger partial charge < -0.3 is 0 Å². The van der Waals surface area contributed by atoms with Crippen molar-refractivity contribution in [1.29, 1.82) is 0 Å². The van der Waals surface area contributed by atoms with Crippen molar-refractivity contribution in [2.24, 2.45) is 0 Å². The zero-order valence-corrected chi connectivity index (χ0v) is 8.59. The van der Waals surface area contributed by atoms with E-state index in [1.54, 1.807) is 0 Å². The first-order valence-electron chi connectivity index (χ1n) is 3.75. The molecule has 0 amide bonds. The Balaban J connectivity index is 3.07. The average Bonchev–Trinajstić information content (AvgIpc) is 2.30. The Bertz CT molecular complexity index is 242. The lowest BCUT2D eigenvalue weighted by molar-refractivity contribution is 0.579. The van der Waals surface area contributed by atoms with Crippen LogP contribution in [0.5, 0.6) is 0 Å². The standard InChI is InChI=1S/C7H12BrN3/c1-4-11-6(5(2)3)7(8)9-10-11/h5H,4H2,1-3H3. The van der Waals surface area contributed by atoms with Gasteiger partial charge in [-0.2, -0.15) is 0 Å². The fourth-order valence-electron chi connectivity index (χ4n) is 1.07. The van der Waals surface area contributed by atoms with E-state index in [1.807, 2.05) is 4.68 Å². The molecule has 0 aliphatic rings. The molecule has 3 nitrogen and oxygen atoms in total. The molecular weight excluding hydrogens is 206 g/mol. The van der Waals surface area contributed by atoms with Crippen LogP contribution in [-0.4, -0.2) is 15.0 Å². The quantitative estimate of drug-likeness (QED) is 0.761. The molecule has 0 bridgehead atoms. The van der Waals surface area contributed by atoms with E-state index in [2.05, 4.69) is 47.0 Å². The molecule has 1 rings (SSSR count). The Morgan fingerprint density at radius 1 is 1.55 bits per heavy atom. The van der Waals surface area contributed by atoms with Crippen molar-refractivity contribution in [3.05, 3.63) is 10.3 Å². The number of rotatable bonds is 2. The molecule has 0 aromatic carbocycles. The Labute approximate surface area is 74.9 Å². The molecule has 0 aliphatic carbocycles. The van der Waals surface area contributed by atoms with E-state index >= 15 is 0 Å². The number of hydrogen-bond acceptors (Lipinski definition) is 2. The Morgan fingerprint density at radius 2 is 2.18 bits per heavy atom. The van der Waals surface area contributed by atoms with Crippen molar-refractivity contribution < 1.29 is 0 Å². The molecule has 0 radical (unpaired) electrons. The number of aryl methyl sites for hydroxylation is 1. The monoisotopic (exact) mass is 217 g/mol. The van der Waals surface area contributed by atoms with Crippen LogP contribution < -0.4 is 0 Å². The minimum absolute atomic E-state index is 0.472. The van der Waals surface area contributed by atoms with Crippen molar-refractivity contribution in [2.75, 3.05) is 0 Å². The van der Waals surface area contributed by atoms with E-state index in [0.717, 1.165) is 11.1 Å². The van der Waals surface area contributed by atoms with Crippen molar-refractivity contribution in [2.45, 2.75) is 33.2 Å². The largest absolute Gasteiger partial charge is 0.248 e. The third kappa shape index (κ3) is 1.61. The third-order valence-electron chi connectivity index (χ3n) is 1.58. The molecule has 1 aromatic heterocycles. The summed E-state index contributed by atoms with van der Waals surface area (Å²) >= 11 is 3.36. The first-order chi connectivity index (χ1) is 5.16. The number of aromatic nitrogens is 3. The lowest BCUT2D eigenvalue weighted by Crippen LogP contribution is -2.04. The van der Waals surface area contributed by atoms with E-state index in [4.69, 9.17) is 0 Å². The number of nitrogens with zero attached hydrogens (tertiary/aromatic N) is 3. The minimum Gasteiger partial charge on any atom is -0.248 e. The molecule has 11 heavy (non-hydrogen) atoms. The second-order valence-corrected chi connectivity index (χ2v) is 3.49. The summed E-state index contributed by atoms with van der Waals surface area (Å²) in [6.45, 7) is 7.21. The van der Waals surface area contributed by atoms with Crippen LogP contribution in [0.2, 0.25) is 0 Å². The molecule has 1 heterocycles. The minimum atomic E-state index is 0.472. The van der Waals surface area contributed by atoms with Crippen molar-refractivity contribution >= 4 is 15.9 Å². The highest BCUT2D eigenvalue weighted by Crippen LogP contribution is 2.21. The summed E-state index contributed by atoms with van der Waals surface area (Å²) in [5, 5.41) is 7.91. The van der Waals surface area contributed by atoms with E-state index in [-0.39, 0.29) is 0 Å². The van der Waals surface area contributed by atoms with Gasteiger partial charge in [0.1, 0.15) is 0 Å². The second-order valence-electron chi connectivity index (χ2n) is 2.74. The van der Waals surface area contributed by atoms with Crippen LogP contribution >= 0.6 is 15.9 Å². The second kappa shape index (κ2) is 3.34. The van der Waals surface area contributed by atoms with Gasteiger partial charge in [0.15, 0.2) is 4.60 Å². The summed E-state index contributed by atoms with van der Waals surface area (Å²) in [6.07, 6.45) is 0. The molecule has 0 fully saturated rings. The van der Waals surface area contributed by atoms with Crippen molar-refractivity contribution in [3.8, 4) is 0 Å². The Morgan fingerprint density at radius 3 is 2.55 bits per heavy atom. The van der Waals surface area contributed by atoms with Crippen LogP contribution in [0.25, 0.3) is 0 Å². The first-order valence-corrected chi connectivity index (χ1v) is 4.55. The lowest BCUT2D eigenvalue weighted by Gasteiger charge is -2.05. The first kappa shape index (κ1) is 8.71. The molecule has 0 atom stereocenters. The molecule has 1 aromatic rings. The van der Waals surface area contributed by atoms with Gasteiger partial charge in [0.05, 0.1) is 5.69 Å². The third-order valence-corrected chi connectivity index (χ3v) is 2.14. The molecule has 4 heteroatoms. The molecule has 0 saturated carbocycles. The average molecular weight is 218 g/mol. The van der Waals surface area contributed by atoms with Gasteiger partial charge in [-0.1, -0.05) is 19.1 Å². The summed E-state index contributed by atoms with van der Waals surface area (Å²) < 4.78 is 2.78. The van der Waals surface area contributed by atoms with Crippen LogP contribution in [0.3, 0.4) is 0 Å². The Hall–Kier alpha value is -0.380. The lowest BCUT2D eigenvalue weighted by atomic mass is 10.1. The normalized spacial score (nSPS) is 11.0. The van der Waals surface area contributed by atoms with Gasteiger partial charge in [0, 0.05) is 6.54 Å². The van der Waals surface area contributed by atoms with Gasteiger partial charge >= 0.3 is 0 Å². The van der Waals surface area contributed by atoms with E-state index < -0.39 is 0 Å². The highest BCUT2D eigenvalue weighted by Gasteiger charge is 2.11. The highest BCUT2D eigenvalue weighted by molar-refractivity contribution is 9.10.